The maximum atomic E-state index is 4.09. The van der Waals surface area contributed by atoms with Gasteiger partial charge in [0.1, 0.15) is 0 Å². The van der Waals surface area contributed by atoms with Gasteiger partial charge in [0, 0.05) is 0 Å². The van der Waals surface area contributed by atoms with Gasteiger partial charge in [-0.15, -0.1) is 0 Å². The van der Waals surface area contributed by atoms with E-state index < -0.39 is 5.41 Å². The van der Waals surface area contributed by atoms with Gasteiger partial charge in [-0.25, -0.2) is 0 Å². The largest absolute Gasteiger partial charge is 0.0991 e. The molecule has 0 fully saturated rings. The molecule has 1 unspecified atom stereocenters. The lowest BCUT2D eigenvalue weighted by Crippen LogP contribution is -2.29. The van der Waals surface area contributed by atoms with Crippen LogP contribution in [0.1, 0.15) is 18.1 Å². The zero-order valence-corrected chi connectivity index (χ0v) is 15.5. The van der Waals surface area contributed by atoms with E-state index in [0.29, 0.717) is 0 Å². The molecular formula is C26H26. The molecule has 0 nitrogen and oxygen atoms in total. The van der Waals surface area contributed by atoms with Crippen molar-refractivity contribution in [2.24, 2.45) is 0 Å². The van der Waals surface area contributed by atoms with Crippen molar-refractivity contribution < 1.29 is 0 Å². The van der Waals surface area contributed by atoms with Gasteiger partial charge in [0.25, 0.3) is 0 Å². The number of hydrogen-bond acceptors (Lipinski definition) is 0. The summed E-state index contributed by atoms with van der Waals surface area (Å²) in [6.45, 7) is 22.0. The number of allylic oxidation sites excluding steroid dienone is 13. The van der Waals surface area contributed by atoms with Crippen molar-refractivity contribution in [1.82, 2.24) is 0 Å². The Labute approximate surface area is 158 Å². The topological polar surface area (TPSA) is 0 Å². The van der Waals surface area contributed by atoms with Gasteiger partial charge in [0.15, 0.2) is 0 Å². The van der Waals surface area contributed by atoms with Gasteiger partial charge in [0.2, 0.25) is 0 Å². The van der Waals surface area contributed by atoms with Gasteiger partial charge in [-0.05, 0) is 40.3 Å². The summed E-state index contributed by atoms with van der Waals surface area (Å²) in [5, 5.41) is 0. The molecule has 1 aliphatic carbocycles. The summed E-state index contributed by atoms with van der Waals surface area (Å²) in [4.78, 5) is 0. The summed E-state index contributed by atoms with van der Waals surface area (Å²) in [5.74, 6) is 0. The van der Waals surface area contributed by atoms with Crippen LogP contribution in [0.5, 0.6) is 0 Å². The zero-order valence-electron chi connectivity index (χ0n) is 15.5. The van der Waals surface area contributed by atoms with Gasteiger partial charge >= 0.3 is 0 Å². The molecule has 0 bridgehead atoms. The summed E-state index contributed by atoms with van der Waals surface area (Å²) < 4.78 is 0. The Balaban J connectivity index is 3.15. The average Bonchev–Trinajstić information content (AvgIpc) is 2.93. The van der Waals surface area contributed by atoms with Crippen molar-refractivity contribution >= 4 is 5.57 Å². The summed E-state index contributed by atoms with van der Waals surface area (Å²) in [5.41, 5.74) is 6.28. The van der Waals surface area contributed by atoms with Crippen molar-refractivity contribution in [1.29, 1.82) is 0 Å². The normalized spacial score (nSPS) is 22.8. The third-order valence-corrected chi connectivity index (χ3v) is 4.80. The monoisotopic (exact) mass is 338 g/mol. The van der Waals surface area contributed by atoms with E-state index >= 15 is 0 Å². The molecule has 0 saturated carbocycles. The fourth-order valence-electron chi connectivity index (χ4n) is 3.92. The average molecular weight is 338 g/mol. The maximum Gasteiger partial charge on any atom is 0.0709 e. The molecule has 2 rings (SSSR count). The Kier molecular flexibility index (Phi) is 6.14. The Morgan fingerprint density at radius 3 is 2.04 bits per heavy atom. The molecule has 0 spiro atoms. The molecule has 1 aromatic rings. The smallest absolute Gasteiger partial charge is 0.0709 e. The molecule has 1 aliphatic rings. The first-order valence-electron chi connectivity index (χ1n) is 8.68. The van der Waals surface area contributed by atoms with Crippen molar-refractivity contribution in [2.45, 2.75) is 12.3 Å². The Hall–Kier alpha value is -3.12. The van der Waals surface area contributed by atoms with Gasteiger partial charge in [-0.1, -0.05) is 112 Å². The van der Waals surface area contributed by atoms with Crippen LogP contribution >= 0.6 is 0 Å². The lowest BCUT2D eigenvalue weighted by atomic mass is 9.66. The summed E-state index contributed by atoms with van der Waals surface area (Å²) in [6.07, 6.45) is 17.5. The Bertz CT molecular complexity index is 880. The fraction of sp³-hybridized carbons (Fsp3) is 0.0769. The van der Waals surface area contributed by atoms with Crippen LogP contribution in [0.15, 0.2) is 129 Å². The highest BCUT2D eigenvalue weighted by Gasteiger charge is 2.48. The first-order valence-corrected chi connectivity index (χ1v) is 8.68. The molecular weight excluding hydrogens is 312 g/mol. The second kappa shape index (κ2) is 8.31. The Morgan fingerprint density at radius 1 is 0.846 bits per heavy atom. The maximum absolute atomic E-state index is 4.09. The SMILES string of the molecule is C=C/C=C1\C(=C/C=C)C(/C(C=C)=C/C)(/C(C=C)=C/C=C)c2ccccc21. The van der Waals surface area contributed by atoms with Crippen LogP contribution in [0.4, 0.5) is 0 Å². The van der Waals surface area contributed by atoms with E-state index in [-0.39, 0.29) is 0 Å². The predicted octanol–water partition coefficient (Wildman–Crippen LogP) is 7.05. The van der Waals surface area contributed by atoms with Gasteiger partial charge in [-0.2, -0.15) is 0 Å². The standard InChI is InChI=1S/C26H26/c1-7-15-21(12-6)26(20(10-4)11-5)24(17-9-3)22(16-8-2)23-18-13-14-19-25(23)26/h7-19H,1-4,6H2,5H3/b20-11+,21-15+,22-16-,24-17+. The van der Waals surface area contributed by atoms with E-state index in [0.717, 1.165) is 22.3 Å². The summed E-state index contributed by atoms with van der Waals surface area (Å²) >= 11 is 0. The number of benzene rings is 1. The van der Waals surface area contributed by atoms with Gasteiger partial charge in [0.05, 0.1) is 5.41 Å². The molecule has 0 N–H and O–H groups in total. The first kappa shape index (κ1) is 19.2. The minimum Gasteiger partial charge on any atom is -0.0991 e. The molecule has 0 amide bonds. The Morgan fingerprint density at radius 2 is 1.50 bits per heavy atom. The van der Waals surface area contributed by atoms with Crippen LogP contribution < -0.4 is 0 Å². The van der Waals surface area contributed by atoms with Gasteiger partial charge < -0.3 is 0 Å². The third kappa shape index (κ3) is 2.74. The lowest BCUT2D eigenvalue weighted by Gasteiger charge is -2.35. The van der Waals surface area contributed by atoms with Crippen molar-refractivity contribution in [3.05, 3.63) is 140 Å². The quantitative estimate of drug-likeness (QED) is 0.467. The molecule has 0 aromatic heterocycles. The molecule has 1 aromatic carbocycles. The van der Waals surface area contributed by atoms with Crippen LogP contribution in [-0.2, 0) is 5.41 Å². The molecule has 0 aliphatic heterocycles. The van der Waals surface area contributed by atoms with E-state index in [9.17, 15) is 0 Å². The van der Waals surface area contributed by atoms with E-state index in [2.05, 4.69) is 75.4 Å². The molecule has 1 atom stereocenters. The van der Waals surface area contributed by atoms with Crippen molar-refractivity contribution in [3.63, 3.8) is 0 Å². The fourth-order valence-corrected chi connectivity index (χ4v) is 3.92. The van der Waals surface area contributed by atoms with Crippen molar-refractivity contribution in [2.75, 3.05) is 0 Å². The third-order valence-electron chi connectivity index (χ3n) is 4.80. The van der Waals surface area contributed by atoms with E-state index in [1.165, 1.54) is 11.1 Å². The first-order chi connectivity index (χ1) is 12.7. The zero-order chi connectivity index (χ0) is 19.2. The minimum absolute atomic E-state index is 0.508. The number of fused-ring (bicyclic) bond motifs is 1. The van der Waals surface area contributed by atoms with Crippen LogP contribution in [0.2, 0.25) is 0 Å². The second-order valence-electron chi connectivity index (χ2n) is 5.94. The molecule has 0 heterocycles. The number of rotatable bonds is 7. The highest BCUT2D eigenvalue weighted by molar-refractivity contribution is 5.95. The molecule has 26 heavy (non-hydrogen) atoms. The highest BCUT2D eigenvalue weighted by atomic mass is 14.5. The van der Waals surface area contributed by atoms with E-state index in [1.807, 2.05) is 37.3 Å². The van der Waals surface area contributed by atoms with Gasteiger partial charge in [-0.3, -0.25) is 0 Å². The second-order valence-corrected chi connectivity index (χ2v) is 5.94. The number of hydrogen-bond donors (Lipinski definition) is 0. The van der Waals surface area contributed by atoms with Crippen LogP contribution in [0.3, 0.4) is 0 Å². The molecule has 0 radical (unpaired) electrons. The predicted molar refractivity (Wildman–Crippen MR) is 117 cm³/mol. The van der Waals surface area contributed by atoms with Crippen LogP contribution in [0.25, 0.3) is 5.57 Å². The molecule has 0 saturated heterocycles. The molecule has 0 heteroatoms. The minimum atomic E-state index is -0.508. The summed E-state index contributed by atoms with van der Waals surface area (Å²) in [6, 6.07) is 8.45. The van der Waals surface area contributed by atoms with Crippen molar-refractivity contribution in [3.8, 4) is 0 Å². The van der Waals surface area contributed by atoms with Crippen LogP contribution in [0, 0.1) is 0 Å². The molecule has 130 valence electrons. The summed E-state index contributed by atoms with van der Waals surface area (Å²) in [7, 11) is 0. The van der Waals surface area contributed by atoms with E-state index in [4.69, 9.17) is 0 Å². The lowest BCUT2D eigenvalue weighted by molar-refractivity contribution is 0.765. The van der Waals surface area contributed by atoms with E-state index in [1.54, 1.807) is 6.08 Å². The highest BCUT2D eigenvalue weighted by Crippen LogP contribution is 2.58. The van der Waals surface area contributed by atoms with Crippen LogP contribution in [-0.4, -0.2) is 0 Å².